The van der Waals surface area contributed by atoms with Crippen LogP contribution < -0.4 is 5.73 Å². The number of aromatic nitrogens is 3. The molecule has 1 aliphatic carbocycles. The summed E-state index contributed by atoms with van der Waals surface area (Å²) in [4.78, 5) is 4.49. The molecule has 1 aliphatic rings. The first-order valence-electron chi connectivity index (χ1n) is 5.84. The van der Waals surface area contributed by atoms with Gasteiger partial charge >= 0.3 is 0 Å². The topological polar surface area (TPSA) is 56.2 Å². The lowest BCUT2D eigenvalue weighted by molar-refractivity contribution is 0.417. The van der Waals surface area contributed by atoms with Crippen molar-refractivity contribution in [3.05, 3.63) is 29.7 Å². The van der Waals surface area contributed by atoms with E-state index in [1.807, 2.05) is 23.8 Å². The first-order chi connectivity index (χ1) is 7.75. The molecule has 0 spiro atoms. The second-order valence-electron chi connectivity index (χ2n) is 4.67. The molecule has 1 saturated carbocycles. The van der Waals surface area contributed by atoms with E-state index in [1.165, 1.54) is 24.8 Å². The van der Waals surface area contributed by atoms with Crippen molar-refractivity contribution in [2.75, 3.05) is 0 Å². The van der Waals surface area contributed by atoms with Gasteiger partial charge < -0.3 is 5.73 Å². The molecule has 2 aromatic heterocycles. The van der Waals surface area contributed by atoms with Crippen molar-refractivity contribution in [2.45, 2.75) is 38.1 Å². The Bertz CT molecular complexity index is 511. The van der Waals surface area contributed by atoms with E-state index < -0.39 is 0 Å². The zero-order chi connectivity index (χ0) is 11.1. The highest BCUT2D eigenvalue weighted by atomic mass is 15.2. The predicted molar refractivity (Wildman–Crippen MR) is 62.2 cm³/mol. The van der Waals surface area contributed by atoms with Crippen molar-refractivity contribution < 1.29 is 0 Å². The lowest BCUT2D eigenvalue weighted by Crippen LogP contribution is -2.11. The van der Waals surface area contributed by atoms with Crippen LogP contribution in [0.3, 0.4) is 0 Å². The average Bonchev–Trinajstić information content (AvgIpc) is 2.57. The third kappa shape index (κ3) is 1.41. The molecule has 1 fully saturated rings. The highest BCUT2D eigenvalue weighted by Gasteiger charge is 2.20. The monoisotopic (exact) mass is 216 g/mol. The van der Waals surface area contributed by atoms with Crippen LogP contribution in [0.15, 0.2) is 18.6 Å². The summed E-state index contributed by atoms with van der Waals surface area (Å²) in [6.45, 7) is 1.96. The number of rotatable bonds is 2. The van der Waals surface area contributed by atoms with Gasteiger partial charge in [0.1, 0.15) is 0 Å². The van der Waals surface area contributed by atoms with Gasteiger partial charge in [-0.1, -0.05) is 6.42 Å². The summed E-state index contributed by atoms with van der Waals surface area (Å²) < 4.78 is 1.85. The molecule has 0 aromatic carbocycles. The minimum absolute atomic E-state index is 0.0143. The van der Waals surface area contributed by atoms with Crippen molar-refractivity contribution in [1.29, 1.82) is 0 Å². The van der Waals surface area contributed by atoms with Crippen molar-refractivity contribution in [3.63, 3.8) is 0 Å². The number of hydrogen-bond acceptors (Lipinski definition) is 3. The Hall–Kier alpha value is -1.42. The van der Waals surface area contributed by atoms with E-state index in [9.17, 15) is 0 Å². The lowest BCUT2D eigenvalue weighted by Gasteiger charge is -2.25. The largest absolute Gasteiger partial charge is 0.324 e. The molecule has 2 aromatic rings. The van der Waals surface area contributed by atoms with Gasteiger partial charge in [-0.2, -0.15) is 5.10 Å². The summed E-state index contributed by atoms with van der Waals surface area (Å²) in [5, 5.41) is 4.32. The van der Waals surface area contributed by atoms with Crippen molar-refractivity contribution in [1.82, 2.24) is 14.6 Å². The Labute approximate surface area is 94.5 Å². The molecule has 0 aliphatic heterocycles. The molecule has 2 N–H and O–H groups in total. The maximum absolute atomic E-state index is 5.87. The summed E-state index contributed by atoms with van der Waals surface area (Å²) in [6.07, 6.45) is 9.80. The van der Waals surface area contributed by atoms with Gasteiger partial charge in [0.05, 0.1) is 6.20 Å². The van der Waals surface area contributed by atoms with Crippen LogP contribution in [0.5, 0.6) is 0 Å². The number of nitrogens with two attached hydrogens (primary N) is 1. The molecule has 3 rings (SSSR count). The van der Waals surface area contributed by atoms with Crippen LogP contribution >= 0.6 is 0 Å². The Kier molecular flexibility index (Phi) is 2.17. The molecule has 0 saturated heterocycles. The molecule has 2 heterocycles. The molecule has 0 amide bonds. The highest BCUT2D eigenvalue weighted by Crippen LogP contribution is 2.35. The van der Waals surface area contributed by atoms with Crippen LogP contribution in [0.1, 0.15) is 49.3 Å². The molecule has 0 radical (unpaired) electrons. The van der Waals surface area contributed by atoms with Crippen molar-refractivity contribution in [2.24, 2.45) is 5.73 Å². The molecule has 1 unspecified atom stereocenters. The maximum atomic E-state index is 5.87. The van der Waals surface area contributed by atoms with E-state index in [1.54, 1.807) is 0 Å². The minimum Gasteiger partial charge on any atom is -0.324 e. The Morgan fingerprint density at radius 3 is 2.88 bits per heavy atom. The molecular formula is C12H16N4. The standard InChI is InChI=1S/C12H16N4/c1-8(13)11-6-15-16-7-10(5-14-12(11)16)9-3-2-4-9/h5-9H,2-4,13H2,1H3. The Morgan fingerprint density at radius 2 is 2.25 bits per heavy atom. The second kappa shape index (κ2) is 3.56. The van der Waals surface area contributed by atoms with E-state index >= 15 is 0 Å². The Morgan fingerprint density at radius 1 is 1.44 bits per heavy atom. The fraction of sp³-hybridized carbons (Fsp3) is 0.500. The maximum Gasteiger partial charge on any atom is 0.159 e. The van der Waals surface area contributed by atoms with E-state index in [0.29, 0.717) is 5.92 Å². The normalized spacial score (nSPS) is 18.6. The number of fused-ring (bicyclic) bond motifs is 1. The van der Waals surface area contributed by atoms with E-state index in [0.717, 1.165) is 11.2 Å². The number of nitrogens with zero attached hydrogens (tertiary/aromatic N) is 3. The lowest BCUT2D eigenvalue weighted by atomic mass is 9.81. The smallest absolute Gasteiger partial charge is 0.159 e. The fourth-order valence-electron chi connectivity index (χ4n) is 2.18. The molecule has 16 heavy (non-hydrogen) atoms. The van der Waals surface area contributed by atoms with Gasteiger partial charge in [-0.3, -0.25) is 0 Å². The second-order valence-corrected chi connectivity index (χ2v) is 4.67. The third-order valence-corrected chi connectivity index (χ3v) is 3.47. The summed E-state index contributed by atoms with van der Waals surface area (Å²) >= 11 is 0. The summed E-state index contributed by atoms with van der Waals surface area (Å²) in [5.41, 5.74) is 9.07. The molecular weight excluding hydrogens is 200 g/mol. The molecule has 4 nitrogen and oxygen atoms in total. The van der Waals surface area contributed by atoms with E-state index in [-0.39, 0.29) is 6.04 Å². The summed E-state index contributed by atoms with van der Waals surface area (Å²) in [5.74, 6) is 0.694. The molecule has 4 heteroatoms. The van der Waals surface area contributed by atoms with E-state index in [2.05, 4.69) is 16.3 Å². The fourth-order valence-corrected chi connectivity index (χ4v) is 2.18. The Balaban J connectivity index is 2.05. The summed E-state index contributed by atoms with van der Waals surface area (Å²) in [7, 11) is 0. The van der Waals surface area contributed by atoms with Gasteiger partial charge in [-0.05, 0) is 31.2 Å². The first-order valence-corrected chi connectivity index (χ1v) is 5.84. The molecule has 84 valence electrons. The van der Waals surface area contributed by atoms with Crippen LogP contribution in [0.25, 0.3) is 5.65 Å². The molecule has 0 bridgehead atoms. The quantitative estimate of drug-likeness (QED) is 0.835. The van der Waals surface area contributed by atoms with Gasteiger partial charge in [0.25, 0.3) is 0 Å². The van der Waals surface area contributed by atoms with E-state index in [4.69, 9.17) is 5.73 Å². The van der Waals surface area contributed by atoms with Crippen molar-refractivity contribution in [3.8, 4) is 0 Å². The van der Waals surface area contributed by atoms with Gasteiger partial charge in [0.15, 0.2) is 5.65 Å². The molecule has 1 atom stereocenters. The first kappa shape index (κ1) is 9.78. The SMILES string of the molecule is CC(N)c1cnn2cc(C3CCC3)cnc12. The number of hydrogen-bond donors (Lipinski definition) is 1. The van der Waals surface area contributed by atoms with Crippen LogP contribution in [-0.2, 0) is 0 Å². The summed E-state index contributed by atoms with van der Waals surface area (Å²) in [6, 6.07) is -0.0143. The average molecular weight is 216 g/mol. The van der Waals surface area contributed by atoms with Crippen LogP contribution in [0, 0.1) is 0 Å². The third-order valence-electron chi connectivity index (χ3n) is 3.47. The van der Waals surface area contributed by atoms with Gasteiger partial charge in [-0.25, -0.2) is 9.50 Å². The minimum atomic E-state index is -0.0143. The zero-order valence-corrected chi connectivity index (χ0v) is 9.43. The van der Waals surface area contributed by atoms with Crippen molar-refractivity contribution >= 4 is 5.65 Å². The van der Waals surface area contributed by atoms with Gasteiger partial charge in [-0.15, -0.1) is 0 Å². The van der Waals surface area contributed by atoms with Crippen LogP contribution in [-0.4, -0.2) is 14.6 Å². The highest BCUT2D eigenvalue weighted by molar-refractivity contribution is 5.48. The van der Waals surface area contributed by atoms with Gasteiger partial charge in [0, 0.05) is 24.0 Å². The van der Waals surface area contributed by atoms with Crippen LogP contribution in [0.4, 0.5) is 0 Å². The predicted octanol–water partition coefficient (Wildman–Crippen LogP) is 2.02. The van der Waals surface area contributed by atoms with Crippen LogP contribution in [0.2, 0.25) is 0 Å². The zero-order valence-electron chi connectivity index (χ0n) is 9.43. The van der Waals surface area contributed by atoms with Gasteiger partial charge in [0.2, 0.25) is 0 Å².